The molecule has 0 radical (unpaired) electrons. The Morgan fingerprint density at radius 3 is 2.11 bits per heavy atom. The third-order valence-corrected chi connectivity index (χ3v) is 7.28. The van der Waals surface area contributed by atoms with E-state index in [4.69, 9.17) is 9.47 Å². The standard InChI is InChI=1S/C25H28N4O6S/c1-27-12-14-28(15-13-27)18-10-11-19(20(16-18)36(4,32)33)22-21(24(30)34-2)23(25(31)35-3)29(26-22)17-8-6-5-7-9-17/h5-11,16H,12-15H2,1-4H3. The number of esters is 2. The van der Waals surface area contributed by atoms with Crippen LogP contribution < -0.4 is 4.90 Å². The van der Waals surface area contributed by atoms with E-state index in [2.05, 4.69) is 14.9 Å². The zero-order chi connectivity index (χ0) is 26.0. The molecule has 0 saturated carbocycles. The second kappa shape index (κ2) is 10.1. The maximum absolute atomic E-state index is 13.0. The van der Waals surface area contributed by atoms with Gasteiger partial charge in [-0.15, -0.1) is 0 Å². The van der Waals surface area contributed by atoms with Gasteiger partial charge in [-0.3, -0.25) is 0 Å². The Balaban J connectivity index is 1.98. The van der Waals surface area contributed by atoms with Crippen LogP contribution in [0.2, 0.25) is 0 Å². The van der Waals surface area contributed by atoms with Crippen LogP contribution >= 0.6 is 0 Å². The van der Waals surface area contributed by atoms with Crippen LogP contribution in [-0.2, 0) is 19.3 Å². The predicted octanol–water partition coefficient (Wildman–Crippen LogP) is 2.27. The fraction of sp³-hybridized carbons (Fsp3) is 0.320. The number of ether oxygens (including phenoxy) is 2. The van der Waals surface area contributed by atoms with Crippen LogP contribution in [0.1, 0.15) is 20.8 Å². The van der Waals surface area contributed by atoms with Gasteiger partial charge in [-0.2, -0.15) is 5.10 Å². The topological polar surface area (TPSA) is 111 Å². The number of methoxy groups -OCH3 is 2. The Bertz CT molecular complexity index is 1390. The third kappa shape index (κ3) is 4.84. The van der Waals surface area contributed by atoms with Gasteiger partial charge in [0, 0.05) is 43.7 Å². The highest BCUT2D eigenvalue weighted by atomic mass is 32.2. The number of nitrogens with zero attached hydrogens (tertiary/aromatic N) is 4. The molecule has 0 N–H and O–H groups in total. The highest BCUT2D eigenvalue weighted by Crippen LogP contribution is 2.35. The Hall–Kier alpha value is -3.70. The number of piperazine rings is 1. The predicted molar refractivity (Wildman–Crippen MR) is 134 cm³/mol. The Kier molecular flexibility index (Phi) is 7.14. The molecular formula is C25H28N4O6S. The van der Waals surface area contributed by atoms with Gasteiger partial charge in [0.15, 0.2) is 15.5 Å². The average molecular weight is 513 g/mol. The summed E-state index contributed by atoms with van der Waals surface area (Å²) < 4.78 is 37.1. The molecule has 0 bridgehead atoms. The van der Waals surface area contributed by atoms with Crippen LogP contribution in [0.25, 0.3) is 16.9 Å². The molecule has 2 heterocycles. The van der Waals surface area contributed by atoms with Gasteiger partial charge in [-0.1, -0.05) is 18.2 Å². The molecule has 190 valence electrons. The van der Waals surface area contributed by atoms with Crippen molar-refractivity contribution in [3.05, 3.63) is 59.8 Å². The van der Waals surface area contributed by atoms with Crippen molar-refractivity contribution >= 4 is 27.5 Å². The Morgan fingerprint density at radius 1 is 0.889 bits per heavy atom. The van der Waals surface area contributed by atoms with E-state index in [0.717, 1.165) is 38.1 Å². The van der Waals surface area contributed by atoms with Crippen molar-refractivity contribution in [2.24, 2.45) is 0 Å². The summed E-state index contributed by atoms with van der Waals surface area (Å²) in [6.45, 7) is 3.21. The van der Waals surface area contributed by atoms with Gasteiger partial charge >= 0.3 is 11.9 Å². The molecule has 10 nitrogen and oxygen atoms in total. The zero-order valence-corrected chi connectivity index (χ0v) is 21.4. The summed E-state index contributed by atoms with van der Waals surface area (Å²) in [6.07, 6.45) is 1.10. The molecule has 0 spiro atoms. The summed E-state index contributed by atoms with van der Waals surface area (Å²) in [4.78, 5) is 30.1. The number of carbonyl (C=O) groups is 2. The van der Waals surface area contributed by atoms with E-state index in [0.29, 0.717) is 5.69 Å². The first kappa shape index (κ1) is 25.4. The van der Waals surface area contributed by atoms with Crippen LogP contribution in [0.3, 0.4) is 0 Å². The number of aromatic nitrogens is 2. The van der Waals surface area contributed by atoms with E-state index < -0.39 is 21.8 Å². The smallest absolute Gasteiger partial charge is 0.357 e. The van der Waals surface area contributed by atoms with Gasteiger partial charge in [0.05, 0.1) is 24.8 Å². The molecule has 0 amide bonds. The quantitative estimate of drug-likeness (QED) is 0.459. The molecule has 0 unspecified atom stereocenters. The van der Waals surface area contributed by atoms with E-state index in [1.54, 1.807) is 48.5 Å². The largest absolute Gasteiger partial charge is 0.465 e. The molecule has 1 aromatic heterocycles. The summed E-state index contributed by atoms with van der Waals surface area (Å²) in [5, 5.41) is 4.55. The van der Waals surface area contributed by atoms with Crippen molar-refractivity contribution in [1.82, 2.24) is 14.7 Å². The van der Waals surface area contributed by atoms with E-state index in [9.17, 15) is 18.0 Å². The number of anilines is 1. The lowest BCUT2D eigenvalue weighted by Crippen LogP contribution is -2.44. The van der Waals surface area contributed by atoms with E-state index >= 15 is 0 Å². The molecular weight excluding hydrogens is 484 g/mol. The zero-order valence-electron chi connectivity index (χ0n) is 20.6. The summed E-state index contributed by atoms with van der Waals surface area (Å²) in [5.74, 6) is -1.65. The number of sulfone groups is 1. The van der Waals surface area contributed by atoms with E-state index in [1.165, 1.54) is 18.9 Å². The van der Waals surface area contributed by atoms with Crippen molar-refractivity contribution in [3.63, 3.8) is 0 Å². The summed E-state index contributed by atoms with van der Waals surface area (Å²) in [7, 11) is 0.663. The third-order valence-electron chi connectivity index (χ3n) is 6.14. The first-order valence-corrected chi connectivity index (χ1v) is 13.2. The summed E-state index contributed by atoms with van der Waals surface area (Å²) >= 11 is 0. The number of para-hydroxylation sites is 1. The molecule has 1 aliphatic rings. The van der Waals surface area contributed by atoms with Gasteiger partial charge in [0.2, 0.25) is 0 Å². The molecule has 0 atom stereocenters. The van der Waals surface area contributed by atoms with Crippen LogP contribution in [0.4, 0.5) is 5.69 Å². The van der Waals surface area contributed by atoms with Crippen LogP contribution in [-0.4, -0.2) is 88.7 Å². The normalized spacial score (nSPS) is 14.5. The first-order chi connectivity index (χ1) is 17.2. The molecule has 1 aliphatic heterocycles. The minimum absolute atomic E-state index is 0.00166. The number of likely N-dealkylation sites (N-methyl/N-ethyl adjacent to an activating group) is 1. The fourth-order valence-electron chi connectivity index (χ4n) is 4.22. The average Bonchev–Trinajstić information content (AvgIpc) is 3.28. The Labute approximate surface area is 209 Å². The second-order valence-corrected chi connectivity index (χ2v) is 10.5. The molecule has 1 saturated heterocycles. The summed E-state index contributed by atoms with van der Waals surface area (Å²) in [6, 6.07) is 13.7. The van der Waals surface area contributed by atoms with Crippen LogP contribution in [0, 0.1) is 0 Å². The highest BCUT2D eigenvalue weighted by molar-refractivity contribution is 7.90. The van der Waals surface area contributed by atoms with Crippen LogP contribution in [0.15, 0.2) is 53.4 Å². The SMILES string of the molecule is COC(=O)c1c(-c2ccc(N3CCN(C)CC3)cc2S(C)(=O)=O)nn(-c2ccccc2)c1C(=O)OC. The number of hydrogen-bond acceptors (Lipinski definition) is 9. The maximum atomic E-state index is 13.0. The second-order valence-electron chi connectivity index (χ2n) is 8.55. The minimum Gasteiger partial charge on any atom is -0.465 e. The number of rotatable bonds is 6. The molecule has 36 heavy (non-hydrogen) atoms. The Morgan fingerprint density at radius 2 is 1.53 bits per heavy atom. The minimum atomic E-state index is -3.75. The van der Waals surface area contributed by atoms with Gasteiger partial charge in [-0.05, 0) is 37.4 Å². The van der Waals surface area contributed by atoms with E-state index in [-0.39, 0.29) is 27.4 Å². The monoisotopic (exact) mass is 512 g/mol. The lowest BCUT2D eigenvalue weighted by atomic mass is 10.0. The lowest BCUT2D eigenvalue weighted by Gasteiger charge is -2.34. The van der Waals surface area contributed by atoms with Crippen molar-refractivity contribution in [1.29, 1.82) is 0 Å². The molecule has 3 aromatic rings. The molecule has 1 fully saturated rings. The number of benzene rings is 2. The maximum Gasteiger partial charge on any atom is 0.357 e. The molecule has 11 heteroatoms. The van der Waals surface area contributed by atoms with Crippen molar-refractivity contribution in [2.45, 2.75) is 4.90 Å². The van der Waals surface area contributed by atoms with Gasteiger partial charge < -0.3 is 19.3 Å². The van der Waals surface area contributed by atoms with Gasteiger partial charge in [-0.25, -0.2) is 22.7 Å². The van der Waals surface area contributed by atoms with Crippen LogP contribution in [0.5, 0.6) is 0 Å². The van der Waals surface area contributed by atoms with Gasteiger partial charge in [0.25, 0.3) is 0 Å². The highest BCUT2D eigenvalue weighted by Gasteiger charge is 2.33. The molecule has 2 aromatic carbocycles. The van der Waals surface area contributed by atoms with Gasteiger partial charge in [0.1, 0.15) is 11.3 Å². The fourth-order valence-corrected chi connectivity index (χ4v) is 5.12. The van der Waals surface area contributed by atoms with E-state index in [1.807, 2.05) is 7.05 Å². The summed E-state index contributed by atoms with van der Waals surface area (Å²) in [5.41, 5.74) is 1.11. The molecule has 0 aliphatic carbocycles. The van der Waals surface area contributed by atoms with Crippen molar-refractivity contribution < 1.29 is 27.5 Å². The molecule has 4 rings (SSSR count). The number of carbonyl (C=O) groups excluding carboxylic acids is 2. The first-order valence-electron chi connectivity index (χ1n) is 11.3. The van der Waals surface area contributed by atoms with Crippen molar-refractivity contribution in [2.75, 3.05) is 58.6 Å². The lowest BCUT2D eigenvalue weighted by molar-refractivity contribution is 0.0549. The van der Waals surface area contributed by atoms with Crippen molar-refractivity contribution in [3.8, 4) is 16.9 Å². The number of hydrogen-bond donors (Lipinski definition) is 0.